The predicted molar refractivity (Wildman–Crippen MR) is 126 cm³/mol. The molecule has 0 unspecified atom stereocenters. The summed E-state index contributed by atoms with van der Waals surface area (Å²) in [6.07, 6.45) is 0.376. The molecule has 0 atom stereocenters. The van der Waals surface area contributed by atoms with E-state index in [1.165, 1.54) is 42.4 Å². The van der Waals surface area contributed by atoms with Gasteiger partial charge >= 0.3 is 17.9 Å². The van der Waals surface area contributed by atoms with Gasteiger partial charge in [-0.05, 0) is 23.8 Å². The van der Waals surface area contributed by atoms with Crippen molar-refractivity contribution in [2.75, 3.05) is 13.7 Å². The first kappa shape index (κ1) is 25.9. The van der Waals surface area contributed by atoms with E-state index in [0.29, 0.717) is 17.7 Å². The summed E-state index contributed by atoms with van der Waals surface area (Å²) >= 11 is 6.24. The van der Waals surface area contributed by atoms with E-state index in [-0.39, 0.29) is 35.9 Å². The lowest BCUT2D eigenvalue weighted by atomic mass is 10.1. The summed E-state index contributed by atoms with van der Waals surface area (Å²) in [5, 5.41) is 0.159. The van der Waals surface area contributed by atoms with Crippen LogP contribution in [-0.2, 0) is 19.1 Å². The van der Waals surface area contributed by atoms with Crippen LogP contribution in [0.1, 0.15) is 16.8 Å². The lowest BCUT2D eigenvalue weighted by molar-refractivity contribution is -0.141. The highest BCUT2D eigenvalue weighted by Gasteiger charge is 2.32. The number of hydrogen-bond acceptors (Lipinski definition) is 8. The standard InChI is InChI=1S/C24H19ClF3N5O4/c1-35-22-29-11-16(12-30-22)13-33-14-18(25)21(32-23(33)34)36-10-9-15-5-7-17(8-6-15)37-20-4-2-3-19(31-20)24(26,27)28/h2-8,11-12,14H,9-10,13H2,1H3. The Labute approximate surface area is 213 Å². The minimum absolute atomic E-state index is 0.00414. The van der Waals surface area contributed by atoms with E-state index in [4.69, 9.17) is 25.8 Å². The molecule has 0 amide bonds. The summed E-state index contributed by atoms with van der Waals surface area (Å²) in [7, 11) is 1.45. The van der Waals surface area contributed by atoms with Gasteiger partial charge in [-0.15, -0.1) is 0 Å². The van der Waals surface area contributed by atoms with Crippen LogP contribution in [0.5, 0.6) is 23.5 Å². The predicted octanol–water partition coefficient (Wildman–Crippen LogP) is 4.57. The van der Waals surface area contributed by atoms with Crippen molar-refractivity contribution in [3.05, 3.63) is 93.4 Å². The van der Waals surface area contributed by atoms with Crippen molar-refractivity contribution in [3.63, 3.8) is 0 Å². The zero-order valence-electron chi connectivity index (χ0n) is 19.3. The van der Waals surface area contributed by atoms with Gasteiger partial charge in [-0.2, -0.15) is 18.2 Å². The summed E-state index contributed by atoms with van der Waals surface area (Å²) in [4.78, 5) is 27.7. The third-order valence-corrected chi connectivity index (χ3v) is 5.18. The third kappa shape index (κ3) is 6.94. The van der Waals surface area contributed by atoms with Gasteiger partial charge < -0.3 is 14.2 Å². The maximum atomic E-state index is 12.8. The van der Waals surface area contributed by atoms with Crippen molar-refractivity contribution in [3.8, 4) is 23.5 Å². The van der Waals surface area contributed by atoms with Crippen LogP contribution < -0.4 is 19.9 Å². The molecule has 0 fully saturated rings. The van der Waals surface area contributed by atoms with E-state index in [1.807, 2.05) is 0 Å². The molecule has 0 aliphatic heterocycles. The number of hydrogen-bond donors (Lipinski definition) is 0. The molecule has 0 bridgehead atoms. The fourth-order valence-electron chi connectivity index (χ4n) is 3.13. The third-order valence-electron chi connectivity index (χ3n) is 4.92. The molecule has 3 heterocycles. The van der Waals surface area contributed by atoms with Crippen LogP contribution in [0.3, 0.4) is 0 Å². The van der Waals surface area contributed by atoms with Gasteiger partial charge in [0.25, 0.3) is 0 Å². The fourth-order valence-corrected chi connectivity index (χ4v) is 3.35. The smallest absolute Gasteiger partial charge is 0.433 e. The van der Waals surface area contributed by atoms with Gasteiger partial charge in [-0.25, -0.2) is 19.7 Å². The molecular formula is C24H19ClF3N5O4. The van der Waals surface area contributed by atoms with E-state index in [1.54, 1.807) is 24.3 Å². The summed E-state index contributed by atoms with van der Waals surface area (Å²) in [5.41, 5.74) is -0.0765. The Hall–Kier alpha value is -4.19. The first-order chi connectivity index (χ1) is 17.7. The summed E-state index contributed by atoms with van der Waals surface area (Å²) in [6, 6.07) is 10.3. The summed E-state index contributed by atoms with van der Waals surface area (Å²) in [5.74, 6) is 0.164. The Bertz CT molecular complexity index is 1410. The minimum Gasteiger partial charge on any atom is -0.476 e. The van der Waals surface area contributed by atoms with Crippen LogP contribution in [0.25, 0.3) is 0 Å². The average molecular weight is 534 g/mol. The monoisotopic (exact) mass is 533 g/mol. The Kier molecular flexibility index (Phi) is 7.87. The Morgan fingerprint density at radius 2 is 1.73 bits per heavy atom. The van der Waals surface area contributed by atoms with Crippen LogP contribution in [0.15, 0.2) is 65.8 Å². The number of rotatable bonds is 9. The van der Waals surface area contributed by atoms with E-state index in [2.05, 4.69) is 19.9 Å². The molecule has 4 rings (SSSR count). The maximum Gasteiger partial charge on any atom is 0.433 e. The molecule has 0 aliphatic carbocycles. The van der Waals surface area contributed by atoms with Gasteiger partial charge in [0.05, 0.1) is 20.3 Å². The van der Waals surface area contributed by atoms with Gasteiger partial charge in [0.15, 0.2) is 0 Å². The van der Waals surface area contributed by atoms with Gasteiger partial charge in [-0.3, -0.25) is 4.57 Å². The molecule has 0 N–H and O–H groups in total. The lowest BCUT2D eigenvalue weighted by Gasteiger charge is -2.11. The van der Waals surface area contributed by atoms with Gasteiger partial charge in [0.1, 0.15) is 16.5 Å². The largest absolute Gasteiger partial charge is 0.476 e. The molecular weight excluding hydrogens is 515 g/mol. The second-order valence-corrected chi connectivity index (χ2v) is 7.99. The topological polar surface area (TPSA) is 101 Å². The van der Waals surface area contributed by atoms with Crippen molar-refractivity contribution < 1.29 is 27.4 Å². The number of pyridine rings is 1. The number of ether oxygens (including phenoxy) is 3. The molecule has 0 radical (unpaired) electrons. The molecule has 192 valence electrons. The first-order valence-electron chi connectivity index (χ1n) is 10.8. The van der Waals surface area contributed by atoms with Gasteiger partial charge in [-0.1, -0.05) is 29.8 Å². The zero-order chi connectivity index (χ0) is 26.4. The number of aromatic nitrogens is 5. The minimum atomic E-state index is -4.56. The Balaban J connectivity index is 1.32. The molecule has 37 heavy (non-hydrogen) atoms. The highest BCUT2D eigenvalue weighted by atomic mass is 35.5. The second-order valence-electron chi connectivity index (χ2n) is 7.59. The second kappa shape index (κ2) is 11.2. The molecule has 13 heteroatoms. The maximum absolute atomic E-state index is 12.8. The molecule has 0 aliphatic rings. The molecule has 3 aromatic heterocycles. The summed E-state index contributed by atoms with van der Waals surface area (Å²) < 4.78 is 55.6. The van der Waals surface area contributed by atoms with Crippen LogP contribution in [0.2, 0.25) is 5.02 Å². The van der Waals surface area contributed by atoms with E-state index >= 15 is 0 Å². The van der Waals surface area contributed by atoms with Crippen LogP contribution in [0.4, 0.5) is 13.2 Å². The van der Waals surface area contributed by atoms with Crippen molar-refractivity contribution in [2.45, 2.75) is 19.1 Å². The van der Waals surface area contributed by atoms with Gasteiger partial charge in [0, 0.05) is 36.6 Å². The Morgan fingerprint density at radius 3 is 2.41 bits per heavy atom. The number of nitrogens with zero attached hydrogens (tertiary/aromatic N) is 5. The number of halogens is 4. The van der Waals surface area contributed by atoms with Crippen molar-refractivity contribution >= 4 is 11.6 Å². The normalized spacial score (nSPS) is 11.3. The fraction of sp³-hybridized carbons (Fsp3) is 0.208. The van der Waals surface area contributed by atoms with Crippen LogP contribution >= 0.6 is 11.6 Å². The quantitative estimate of drug-likeness (QED) is 0.308. The van der Waals surface area contributed by atoms with E-state index in [9.17, 15) is 18.0 Å². The molecule has 9 nitrogen and oxygen atoms in total. The van der Waals surface area contributed by atoms with Gasteiger partial charge in [0.2, 0.25) is 11.8 Å². The van der Waals surface area contributed by atoms with Crippen LogP contribution in [-0.4, -0.2) is 38.2 Å². The van der Waals surface area contributed by atoms with E-state index < -0.39 is 17.6 Å². The summed E-state index contributed by atoms with van der Waals surface area (Å²) in [6.45, 7) is 0.345. The molecule has 4 aromatic rings. The molecule has 0 spiro atoms. The highest BCUT2D eigenvalue weighted by molar-refractivity contribution is 6.31. The zero-order valence-corrected chi connectivity index (χ0v) is 20.0. The van der Waals surface area contributed by atoms with Crippen molar-refractivity contribution in [2.24, 2.45) is 0 Å². The average Bonchev–Trinajstić information content (AvgIpc) is 2.88. The Morgan fingerprint density at radius 1 is 1.00 bits per heavy atom. The first-order valence-corrected chi connectivity index (χ1v) is 11.1. The number of alkyl halides is 3. The molecule has 0 saturated heterocycles. The molecule has 1 aromatic carbocycles. The number of methoxy groups -OCH3 is 1. The highest BCUT2D eigenvalue weighted by Crippen LogP contribution is 2.30. The number of benzene rings is 1. The van der Waals surface area contributed by atoms with Crippen molar-refractivity contribution in [1.82, 2.24) is 24.5 Å². The van der Waals surface area contributed by atoms with E-state index in [0.717, 1.165) is 11.6 Å². The SMILES string of the molecule is COc1ncc(Cn2cc(Cl)c(OCCc3ccc(Oc4cccc(C(F)(F)F)n4)cc3)nc2=O)cn1. The molecule has 0 saturated carbocycles. The van der Waals surface area contributed by atoms with Crippen molar-refractivity contribution in [1.29, 1.82) is 0 Å². The van der Waals surface area contributed by atoms with Crippen LogP contribution in [0, 0.1) is 0 Å². The lowest BCUT2D eigenvalue weighted by Crippen LogP contribution is -2.24.